The van der Waals surface area contributed by atoms with Crippen molar-refractivity contribution in [3.63, 3.8) is 0 Å². The number of hydrogen-bond acceptors (Lipinski definition) is 6. The van der Waals surface area contributed by atoms with Crippen LogP contribution in [0.4, 0.5) is 13.2 Å². The van der Waals surface area contributed by atoms with Gasteiger partial charge in [-0.05, 0) is 39.3 Å². The zero-order chi connectivity index (χ0) is 22.2. The molecule has 0 bridgehead atoms. The second kappa shape index (κ2) is 6.60. The average Bonchev–Trinajstić information content (AvgIpc) is 3.34. The minimum absolute atomic E-state index is 0.195. The molecule has 0 saturated heterocycles. The molecule has 7 nitrogen and oxygen atoms in total. The van der Waals surface area contributed by atoms with Crippen molar-refractivity contribution in [3.8, 4) is 0 Å². The Balaban J connectivity index is 1.68. The average molecular weight is 466 g/mol. The van der Waals surface area contributed by atoms with Crippen molar-refractivity contribution in [2.45, 2.75) is 39.9 Å². The van der Waals surface area contributed by atoms with Gasteiger partial charge in [-0.15, -0.1) is 16.4 Å². The van der Waals surface area contributed by atoms with Gasteiger partial charge in [-0.25, -0.2) is 19.5 Å². The molecule has 1 unspecified atom stereocenters. The highest BCUT2D eigenvalue weighted by Gasteiger charge is 2.39. The van der Waals surface area contributed by atoms with Crippen LogP contribution in [0.3, 0.4) is 0 Å². The molecule has 5 aromatic heterocycles. The molecule has 0 N–H and O–H groups in total. The minimum Gasteiger partial charge on any atom is -0.257 e. The predicted octanol–water partition coefficient (Wildman–Crippen LogP) is 5.29. The Morgan fingerprint density at radius 2 is 1.87 bits per heavy atom. The Kier molecular flexibility index (Phi) is 4.29. The molecule has 1 atom stereocenters. The maximum Gasteiger partial charge on any atom is 0.436 e. The topological polar surface area (TPSA) is 73.8 Å². The number of alkyl halides is 3. The van der Waals surface area contributed by atoms with Crippen LogP contribution in [0, 0.1) is 20.8 Å². The van der Waals surface area contributed by atoms with Crippen LogP contribution in [0.15, 0.2) is 12.4 Å². The standard InChI is InChI=1S/C19H15ClF3N7S/c1-7-5-8(2)25-18-11(7)13-14(31-18)17-26-16(28-29(17)6-24-13)10(4)30-9(3)12(20)15(27-30)19(21,22)23/h5-6,10H,1-4H3. The Morgan fingerprint density at radius 3 is 2.55 bits per heavy atom. The zero-order valence-corrected chi connectivity index (χ0v) is 18.4. The lowest BCUT2D eigenvalue weighted by molar-refractivity contribution is -0.141. The van der Waals surface area contributed by atoms with Gasteiger partial charge in [-0.3, -0.25) is 4.68 Å². The fourth-order valence-corrected chi connectivity index (χ4v) is 5.18. The lowest BCUT2D eigenvalue weighted by Gasteiger charge is -2.10. The molecule has 0 radical (unpaired) electrons. The molecule has 160 valence electrons. The summed E-state index contributed by atoms with van der Waals surface area (Å²) in [5.74, 6) is 0.309. The van der Waals surface area contributed by atoms with Crippen LogP contribution >= 0.6 is 22.9 Å². The largest absolute Gasteiger partial charge is 0.436 e. The Labute approximate surface area is 182 Å². The van der Waals surface area contributed by atoms with E-state index in [-0.39, 0.29) is 5.69 Å². The molecule has 0 aliphatic carbocycles. The third-order valence-corrected chi connectivity index (χ3v) is 6.72. The van der Waals surface area contributed by atoms with Crippen molar-refractivity contribution >= 4 is 49.0 Å². The number of aromatic nitrogens is 7. The summed E-state index contributed by atoms with van der Waals surface area (Å²) in [5.41, 5.74) is 2.41. The summed E-state index contributed by atoms with van der Waals surface area (Å²) in [6.07, 6.45) is -3.09. The van der Waals surface area contributed by atoms with Crippen LogP contribution in [0.5, 0.6) is 0 Å². The first kappa shape index (κ1) is 20.1. The number of fused-ring (bicyclic) bond motifs is 5. The van der Waals surface area contributed by atoms with Crippen LogP contribution < -0.4 is 0 Å². The van der Waals surface area contributed by atoms with E-state index in [1.54, 1.807) is 13.3 Å². The molecule has 0 amide bonds. The van der Waals surface area contributed by atoms with E-state index in [1.807, 2.05) is 19.9 Å². The summed E-state index contributed by atoms with van der Waals surface area (Å²) >= 11 is 7.36. The fourth-order valence-electron chi connectivity index (χ4n) is 3.73. The Hall–Kier alpha value is -2.79. The smallest absolute Gasteiger partial charge is 0.257 e. The van der Waals surface area contributed by atoms with Crippen molar-refractivity contribution in [2.75, 3.05) is 0 Å². The molecule has 0 fully saturated rings. The summed E-state index contributed by atoms with van der Waals surface area (Å²) < 4.78 is 43.2. The second-order valence-corrected chi connectivity index (χ2v) is 8.77. The number of thiophene rings is 1. The lowest BCUT2D eigenvalue weighted by Crippen LogP contribution is -2.14. The van der Waals surface area contributed by atoms with Gasteiger partial charge in [0.1, 0.15) is 21.9 Å². The summed E-state index contributed by atoms with van der Waals surface area (Å²) in [7, 11) is 0. The molecule has 5 rings (SSSR count). The van der Waals surface area contributed by atoms with Gasteiger partial charge in [0.15, 0.2) is 17.2 Å². The van der Waals surface area contributed by atoms with E-state index in [0.29, 0.717) is 11.5 Å². The summed E-state index contributed by atoms with van der Waals surface area (Å²) in [5, 5.41) is 8.67. The molecule has 0 aliphatic heterocycles. The van der Waals surface area contributed by atoms with Crippen LogP contribution in [0.25, 0.3) is 26.1 Å². The molecule has 12 heteroatoms. The van der Waals surface area contributed by atoms with E-state index in [4.69, 9.17) is 11.6 Å². The number of rotatable bonds is 2. The first-order chi connectivity index (χ1) is 14.6. The van der Waals surface area contributed by atoms with Gasteiger partial charge in [0.25, 0.3) is 0 Å². The highest BCUT2D eigenvalue weighted by atomic mass is 35.5. The second-order valence-electron chi connectivity index (χ2n) is 7.39. The predicted molar refractivity (Wildman–Crippen MR) is 112 cm³/mol. The van der Waals surface area contributed by atoms with E-state index >= 15 is 0 Å². The van der Waals surface area contributed by atoms with Crippen LogP contribution in [-0.2, 0) is 6.18 Å². The number of halogens is 4. The van der Waals surface area contributed by atoms with Gasteiger partial charge >= 0.3 is 6.18 Å². The van der Waals surface area contributed by atoms with Gasteiger partial charge in [0, 0.05) is 11.1 Å². The van der Waals surface area contributed by atoms with Crippen molar-refractivity contribution in [1.29, 1.82) is 0 Å². The van der Waals surface area contributed by atoms with E-state index in [2.05, 4.69) is 25.1 Å². The number of pyridine rings is 1. The summed E-state index contributed by atoms with van der Waals surface area (Å²) in [6.45, 7) is 7.10. The molecule has 5 aromatic rings. The number of aryl methyl sites for hydroxylation is 2. The fraction of sp³-hybridized carbons (Fsp3) is 0.316. The third kappa shape index (κ3) is 2.98. The molecule has 0 saturated carbocycles. The van der Waals surface area contributed by atoms with Crippen LogP contribution in [-0.4, -0.2) is 34.3 Å². The van der Waals surface area contributed by atoms with Crippen LogP contribution in [0.1, 0.15) is 41.4 Å². The van der Waals surface area contributed by atoms with Gasteiger partial charge in [0.2, 0.25) is 0 Å². The zero-order valence-electron chi connectivity index (χ0n) is 16.8. The lowest BCUT2D eigenvalue weighted by atomic mass is 10.1. The molecule has 31 heavy (non-hydrogen) atoms. The van der Waals surface area contributed by atoms with Gasteiger partial charge < -0.3 is 0 Å². The summed E-state index contributed by atoms with van der Waals surface area (Å²) in [4.78, 5) is 14.6. The molecule has 0 aliphatic rings. The SMILES string of the molecule is Cc1cc(C)c2c(n1)sc1c2ncn2nc(C(C)n3nc(C(F)(F)F)c(Cl)c3C)nc12. The number of nitrogens with zero attached hydrogens (tertiary/aromatic N) is 7. The van der Waals surface area contributed by atoms with E-state index in [1.165, 1.54) is 27.5 Å². The quantitative estimate of drug-likeness (QED) is 0.354. The molecule has 5 heterocycles. The maximum absolute atomic E-state index is 13.2. The molecule has 0 spiro atoms. The van der Waals surface area contributed by atoms with Crippen molar-refractivity contribution in [3.05, 3.63) is 45.9 Å². The number of hydrogen-bond donors (Lipinski definition) is 0. The first-order valence-electron chi connectivity index (χ1n) is 9.29. The van der Waals surface area contributed by atoms with Crippen molar-refractivity contribution in [1.82, 2.24) is 34.3 Å². The van der Waals surface area contributed by atoms with E-state index < -0.39 is 22.9 Å². The molecule has 0 aromatic carbocycles. The molecular formula is C19H15ClF3N7S. The normalized spacial score (nSPS) is 13.7. The Morgan fingerprint density at radius 1 is 1.13 bits per heavy atom. The Bertz CT molecular complexity index is 1500. The van der Waals surface area contributed by atoms with Crippen LogP contribution in [0.2, 0.25) is 5.02 Å². The van der Waals surface area contributed by atoms with Gasteiger partial charge in [-0.1, -0.05) is 11.6 Å². The monoisotopic (exact) mass is 465 g/mol. The third-order valence-electron chi connectivity index (χ3n) is 5.20. The van der Waals surface area contributed by atoms with E-state index in [0.717, 1.165) is 31.7 Å². The highest BCUT2D eigenvalue weighted by molar-refractivity contribution is 7.26. The maximum atomic E-state index is 13.2. The first-order valence-corrected chi connectivity index (χ1v) is 10.5. The summed E-state index contributed by atoms with van der Waals surface area (Å²) in [6, 6.07) is 1.33. The van der Waals surface area contributed by atoms with Crippen molar-refractivity contribution < 1.29 is 13.2 Å². The van der Waals surface area contributed by atoms with Gasteiger partial charge in [0.05, 0.1) is 16.2 Å². The van der Waals surface area contributed by atoms with E-state index in [9.17, 15) is 13.2 Å². The van der Waals surface area contributed by atoms with Gasteiger partial charge in [-0.2, -0.15) is 18.3 Å². The van der Waals surface area contributed by atoms with Crippen molar-refractivity contribution in [2.24, 2.45) is 0 Å². The molecular weight excluding hydrogens is 451 g/mol. The minimum atomic E-state index is -4.64. The highest BCUT2D eigenvalue weighted by Crippen LogP contribution is 2.38.